The van der Waals surface area contributed by atoms with Crippen molar-refractivity contribution in [3.8, 4) is 0 Å². The monoisotopic (exact) mass is 212 g/mol. The van der Waals surface area contributed by atoms with Gasteiger partial charge in [-0.25, -0.2) is 0 Å². The fourth-order valence-electron chi connectivity index (χ4n) is 1.63. The molecule has 0 aromatic carbocycles. The van der Waals surface area contributed by atoms with Crippen molar-refractivity contribution < 1.29 is 4.74 Å². The SMILES string of the molecule is CCCCCCCCCC/C=C/OCC. The summed E-state index contributed by atoms with van der Waals surface area (Å²) < 4.78 is 5.12. The Bertz CT molecular complexity index is 129. The normalized spacial score (nSPS) is 11.1. The van der Waals surface area contributed by atoms with E-state index in [9.17, 15) is 0 Å². The average molecular weight is 212 g/mol. The van der Waals surface area contributed by atoms with E-state index in [2.05, 4.69) is 13.0 Å². The first-order valence-electron chi connectivity index (χ1n) is 6.68. The molecule has 0 aromatic rings. The third-order valence-corrected chi connectivity index (χ3v) is 2.58. The van der Waals surface area contributed by atoms with Crippen LogP contribution in [0.3, 0.4) is 0 Å². The van der Waals surface area contributed by atoms with Crippen molar-refractivity contribution in [3.05, 3.63) is 12.3 Å². The number of hydrogen-bond donors (Lipinski definition) is 0. The maximum atomic E-state index is 5.12. The van der Waals surface area contributed by atoms with E-state index in [1.54, 1.807) is 0 Å². The minimum absolute atomic E-state index is 0.786. The highest BCUT2D eigenvalue weighted by Crippen LogP contribution is 2.09. The molecule has 0 bridgehead atoms. The van der Waals surface area contributed by atoms with Gasteiger partial charge in [0.25, 0.3) is 0 Å². The highest BCUT2D eigenvalue weighted by atomic mass is 16.5. The van der Waals surface area contributed by atoms with Crippen molar-refractivity contribution in [2.45, 2.75) is 71.6 Å². The molecule has 0 atom stereocenters. The van der Waals surface area contributed by atoms with E-state index >= 15 is 0 Å². The first-order valence-corrected chi connectivity index (χ1v) is 6.68. The van der Waals surface area contributed by atoms with Crippen LogP contribution in [0, 0.1) is 0 Å². The highest BCUT2D eigenvalue weighted by molar-refractivity contribution is 4.72. The van der Waals surface area contributed by atoms with Gasteiger partial charge in [0.1, 0.15) is 0 Å². The maximum Gasteiger partial charge on any atom is 0.0845 e. The molecule has 0 N–H and O–H groups in total. The number of rotatable bonds is 11. The van der Waals surface area contributed by atoms with Crippen LogP contribution in [0.5, 0.6) is 0 Å². The van der Waals surface area contributed by atoms with E-state index in [-0.39, 0.29) is 0 Å². The average Bonchev–Trinajstić information content (AvgIpc) is 2.26. The van der Waals surface area contributed by atoms with Crippen LogP contribution >= 0.6 is 0 Å². The van der Waals surface area contributed by atoms with Gasteiger partial charge in [0.2, 0.25) is 0 Å². The summed E-state index contributed by atoms with van der Waals surface area (Å²) in [6.07, 6.45) is 16.3. The van der Waals surface area contributed by atoms with Crippen molar-refractivity contribution in [1.82, 2.24) is 0 Å². The number of allylic oxidation sites excluding steroid dienone is 1. The molecule has 1 nitrogen and oxygen atoms in total. The Hall–Kier alpha value is -0.460. The Balaban J connectivity index is 2.92. The van der Waals surface area contributed by atoms with Crippen LogP contribution in [0.1, 0.15) is 71.6 Å². The van der Waals surface area contributed by atoms with Crippen LogP contribution in [-0.4, -0.2) is 6.61 Å². The molecule has 90 valence electrons. The van der Waals surface area contributed by atoms with Crippen molar-refractivity contribution in [2.24, 2.45) is 0 Å². The van der Waals surface area contributed by atoms with Gasteiger partial charge in [0, 0.05) is 0 Å². The molecule has 0 spiro atoms. The van der Waals surface area contributed by atoms with Crippen LogP contribution in [0.15, 0.2) is 12.3 Å². The lowest BCUT2D eigenvalue weighted by Crippen LogP contribution is -1.80. The Morgan fingerprint density at radius 1 is 0.800 bits per heavy atom. The van der Waals surface area contributed by atoms with E-state index < -0.39 is 0 Å². The topological polar surface area (TPSA) is 9.23 Å². The Kier molecular flexibility index (Phi) is 13.1. The second-order valence-corrected chi connectivity index (χ2v) is 4.09. The summed E-state index contributed by atoms with van der Waals surface area (Å²) >= 11 is 0. The van der Waals surface area contributed by atoms with Gasteiger partial charge in [-0.1, -0.05) is 51.9 Å². The molecule has 0 fully saturated rings. The molecule has 0 aliphatic heterocycles. The molecule has 0 aliphatic rings. The zero-order valence-electron chi connectivity index (χ0n) is 10.6. The third-order valence-electron chi connectivity index (χ3n) is 2.58. The van der Waals surface area contributed by atoms with Gasteiger partial charge in [0.05, 0.1) is 12.9 Å². The van der Waals surface area contributed by atoms with Gasteiger partial charge in [-0.15, -0.1) is 0 Å². The third kappa shape index (κ3) is 13.5. The number of unbranched alkanes of at least 4 members (excludes halogenated alkanes) is 8. The van der Waals surface area contributed by atoms with Crippen LogP contribution in [0.2, 0.25) is 0 Å². The first kappa shape index (κ1) is 14.5. The Morgan fingerprint density at radius 2 is 1.40 bits per heavy atom. The van der Waals surface area contributed by atoms with Crippen LogP contribution in [-0.2, 0) is 4.74 Å². The van der Waals surface area contributed by atoms with E-state index in [4.69, 9.17) is 4.74 Å². The van der Waals surface area contributed by atoms with Gasteiger partial charge < -0.3 is 4.74 Å². The molecular weight excluding hydrogens is 184 g/mol. The predicted molar refractivity (Wildman–Crippen MR) is 68.0 cm³/mol. The molecule has 0 aliphatic carbocycles. The van der Waals surface area contributed by atoms with Crippen LogP contribution < -0.4 is 0 Å². The van der Waals surface area contributed by atoms with Crippen LogP contribution in [0.25, 0.3) is 0 Å². The van der Waals surface area contributed by atoms with Gasteiger partial charge in [-0.2, -0.15) is 0 Å². The van der Waals surface area contributed by atoms with E-state index in [0.29, 0.717) is 0 Å². The zero-order chi connectivity index (χ0) is 11.2. The second kappa shape index (κ2) is 13.5. The molecule has 0 rings (SSSR count). The molecule has 0 heterocycles. The second-order valence-electron chi connectivity index (χ2n) is 4.09. The molecule has 1 heteroatoms. The van der Waals surface area contributed by atoms with Gasteiger partial charge in [-0.05, 0) is 25.8 Å². The van der Waals surface area contributed by atoms with Crippen molar-refractivity contribution >= 4 is 0 Å². The van der Waals surface area contributed by atoms with Crippen molar-refractivity contribution in [2.75, 3.05) is 6.61 Å². The fraction of sp³-hybridized carbons (Fsp3) is 0.857. The van der Waals surface area contributed by atoms with Crippen LogP contribution in [0.4, 0.5) is 0 Å². The molecule has 15 heavy (non-hydrogen) atoms. The quantitative estimate of drug-likeness (QED) is 0.343. The first-order chi connectivity index (χ1) is 7.41. The fourth-order valence-corrected chi connectivity index (χ4v) is 1.63. The predicted octanol–water partition coefficient (Wildman–Crippen LogP) is 5.07. The smallest absolute Gasteiger partial charge is 0.0845 e. The summed E-state index contributed by atoms with van der Waals surface area (Å²) in [5.41, 5.74) is 0. The highest BCUT2D eigenvalue weighted by Gasteiger charge is 1.90. The lowest BCUT2D eigenvalue weighted by molar-refractivity contribution is 0.268. The largest absolute Gasteiger partial charge is 0.502 e. The van der Waals surface area contributed by atoms with E-state index in [1.165, 1.54) is 57.8 Å². The molecule has 0 radical (unpaired) electrons. The van der Waals surface area contributed by atoms with Gasteiger partial charge in [-0.3, -0.25) is 0 Å². The molecule has 0 saturated heterocycles. The molecule has 0 unspecified atom stereocenters. The minimum Gasteiger partial charge on any atom is -0.502 e. The summed E-state index contributed by atoms with van der Waals surface area (Å²) in [5.74, 6) is 0. The van der Waals surface area contributed by atoms with E-state index in [0.717, 1.165) is 6.61 Å². The number of hydrogen-bond acceptors (Lipinski definition) is 1. The lowest BCUT2D eigenvalue weighted by Gasteiger charge is -1.99. The van der Waals surface area contributed by atoms with Crippen molar-refractivity contribution in [3.63, 3.8) is 0 Å². The zero-order valence-corrected chi connectivity index (χ0v) is 10.6. The summed E-state index contributed by atoms with van der Waals surface area (Å²) in [7, 11) is 0. The van der Waals surface area contributed by atoms with Gasteiger partial charge in [0.15, 0.2) is 0 Å². The molecule has 0 saturated carbocycles. The minimum atomic E-state index is 0.786. The number of ether oxygens (including phenoxy) is 1. The maximum absolute atomic E-state index is 5.12. The van der Waals surface area contributed by atoms with Gasteiger partial charge >= 0.3 is 0 Å². The summed E-state index contributed by atoms with van der Waals surface area (Å²) in [6.45, 7) is 5.07. The lowest BCUT2D eigenvalue weighted by atomic mass is 10.1. The Morgan fingerprint density at radius 3 is 2.00 bits per heavy atom. The molecule has 0 aromatic heterocycles. The standard InChI is InChI=1S/C14H28O/c1-3-5-6-7-8-9-10-11-12-13-14-15-4-2/h13-14H,3-12H2,1-2H3/b14-13+. The molecule has 0 amide bonds. The summed E-state index contributed by atoms with van der Waals surface area (Å²) in [6, 6.07) is 0. The Labute approximate surface area is 95.9 Å². The summed E-state index contributed by atoms with van der Waals surface area (Å²) in [5, 5.41) is 0. The van der Waals surface area contributed by atoms with E-state index in [1.807, 2.05) is 13.2 Å². The molecular formula is C14H28O. The van der Waals surface area contributed by atoms with Crippen molar-refractivity contribution in [1.29, 1.82) is 0 Å². The summed E-state index contributed by atoms with van der Waals surface area (Å²) in [4.78, 5) is 0.